The minimum absolute atomic E-state index is 0.0817. The van der Waals surface area contributed by atoms with E-state index in [1.54, 1.807) is 12.5 Å². The first kappa shape index (κ1) is 9.76. The maximum absolute atomic E-state index is 5.30. The molecule has 0 bridgehead atoms. The van der Waals surface area contributed by atoms with Gasteiger partial charge in [0.05, 0.1) is 17.7 Å². The first-order valence-electron chi connectivity index (χ1n) is 5.16. The Balaban J connectivity index is 1.92. The number of hydrogen-bond acceptors (Lipinski definition) is 6. The Morgan fingerprint density at radius 3 is 3.18 bits per heavy atom. The molecule has 3 heterocycles. The van der Waals surface area contributed by atoms with Crippen LogP contribution in [0.2, 0.25) is 0 Å². The lowest BCUT2D eigenvalue weighted by molar-refractivity contribution is 0.615. The maximum atomic E-state index is 5.30. The van der Waals surface area contributed by atoms with E-state index in [2.05, 4.69) is 30.9 Å². The van der Waals surface area contributed by atoms with Crippen LogP contribution in [-0.2, 0) is 0 Å². The van der Waals surface area contributed by atoms with Crippen LogP contribution in [0.5, 0.6) is 0 Å². The summed E-state index contributed by atoms with van der Waals surface area (Å²) in [4.78, 5) is 4.27. The third kappa shape index (κ3) is 1.71. The van der Waals surface area contributed by atoms with E-state index in [0.29, 0.717) is 5.82 Å². The van der Waals surface area contributed by atoms with Crippen molar-refractivity contribution in [3.05, 3.63) is 30.4 Å². The summed E-state index contributed by atoms with van der Waals surface area (Å²) in [6.45, 7) is 1.94. The van der Waals surface area contributed by atoms with Gasteiger partial charge in [-0.2, -0.15) is 5.21 Å². The molecule has 0 saturated carbocycles. The van der Waals surface area contributed by atoms with E-state index in [9.17, 15) is 0 Å². The fourth-order valence-corrected chi connectivity index (χ4v) is 1.63. The fraction of sp³-hybridized carbons (Fsp3) is 0.200. The van der Waals surface area contributed by atoms with Gasteiger partial charge in [-0.15, -0.1) is 10.2 Å². The summed E-state index contributed by atoms with van der Waals surface area (Å²) in [5, 5.41) is 17.9. The number of tetrazole rings is 1. The van der Waals surface area contributed by atoms with Crippen LogP contribution in [-0.4, -0.2) is 25.6 Å². The number of aromatic nitrogens is 5. The van der Waals surface area contributed by atoms with Crippen molar-refractivity contribution in [2.75, 3.05) is 5.32 Å². The zero-order valence-electron chi connectivity index (χ0n) is 9.08. The van der Waals surface area contributed by atoms with E-state index in [1.165, 1.54) is 0 Å². The molecule has 7 nitrogen and oxygen atoms in total. The van der Waals surface area contributed by atoms with Gasteiger partial charge in [0.2, 0.25) is 0 Å². The van der Waals surface area contributed by atoms with Gasteiger partial charge in [0, 0.05) is 6.20 Å². The number of nitrogens with one attached hydrogen (secondary N) is 2. The Hall–Kier alpha value is -2.44. The van der Waals surface area contributed by atoms with E-state index in [4.69, 9.17) is 4.42 Å². The second kappa shape index (κ2) is 3.85. The lowest BCUT2D eigenvalue weighted by atomic mass is 10.2. The number of hydrogen-bond donors (Lipinski definition) is 2. The Morgan fingerprint density at radius 2 is 2.35 bits per heavy atom. The molecule has 0 spiro atoms. The van der Waals surface area contributed by atoms with Crippen molar-refractivity contribution in [1.82, 2.24) is 25.6 Å². The van der Waals surface area contributed by atoms with Gasteiger partial charge in [0.1, 0.15) is 11.4 Å². The van der Waals surface area contributed by atoms with E-state index >= 15 is 0 Å². The Bertz CT molecular complexity index is 617. The van der Waals surface area contributed by atoms with Crippen molar-refractivity contribution in [3.63, 3.8) is 0 Å². The number of anilines is 1. The van der Waals surface area contributed by atoms with Gasteiger partial charge in [-0.1, -0.05) is 5.21 Å². The molecule has 0 aliphatic rings. The summed E-state index contributed by atoms with van der Waals surface area (Å²) < 4.78 is 5.30. The lowest BCUT2D eigenvalue weighted by Crippen LogP contribution is -2.09. The molecule has 0 aliphatic carbocycles. The van der Waals surface area contributed by atoms with Crippen LogP contribution in [0, 0.1) is 0 Å². The highest BCUT2D eigenvalue weighted by molar-refractivity contribution is 5.87. The van der Waals surface area contributed by atoms with Gasteiger partial charge in [0.25, 0.3) is 0 Å². The summed E-state index contributed by atoms with van der Waals surface area (Å²) in [6, 6.07) is 3.61. The van der Waals surface area contributed by atoms with Gasteiger partial charge < -0.3 is 9.73 Å². The minimum atomic E-state index is -0.0817. The van der Waals surface area contributed by atoms with E-state index in [-0.39, 0.29) is 6.04 Å². The summed E-state index contributed by atoms with van der Waals surface area (Å²) in [6.07, 6.45) is 3.33. The molecule has 17 heavy (non-hydrogen) atoms. The van der Waals surface area contributed by atoms with Crippen molar-refractivity contribution in [3.8, 4) is 0 Å². The lowest BCUT2D eigenvalue weighted by Gasteiger charge is -2.10. The molecule has 3 aromatic rings. The van der Waals surface area contributed by atoms with Crippen LogP contribution in [0.4, 0.5) is 5.82 Å². The highest BCUT2D eigenvalue weighted by Gasteiger charge is 2.12. The number of nitrogens with zero attached hydrogens (tertiary/aromatic N) is 4. The van der Waals surface area contributed by atoms with Crippen molar-refractivity contribution in [2.45, 2.75) is 13.0 Å². The molecule has 3 aromatic heterocycles. The molecular formula is C10H10N6O. The SMILES string of the molecule is CC(Nc1nccc2occc12)c1nn[nH]n1. The van der Waals surface area contributed by atoms with Crippen LogP contribution in [0.15, 0.2) is 29.0 Å². The number of H-pyrrole nitrogens is 1. The molecule has 0 radical (unpaired) electrons. The van der Waals surface area contributed by atoms with Crippen LogP contribution >= 0.6 is 0 Å². The molecule has 0 amide bonds. The van der Waals surface area contributed by atoms with E-state index in [1.807, 2.05) is 19.1 Å². The number of rotatable bonds is 3. The Labute approximate surface area is 96.2 Å². The van der Waals surface area contributed by atoms with E-state index < -0.39 is 0 Å². The quantitative estimate of drug-likeness (QED) is 0.708. The first-order chi connectivity index (χ1) is 8.34. The van der Waals surface area contributed by atoms with Gasteiger partial charge in [-0.05, 0) is 19.1 Å². The van der Waals surface area contributed by atoms with Gasteiger partial charge in [-0.3, -0.25) is 0 Å². The molecule has 0 aromatic carbocycles. The summed E-state index contributed by atoms with van der Waals surface area (Å²) in [7, 11) is 0. The van der Waals surface area contributed by atoms with Crippen molar-refractivity contribution < 1.29 is 4.42 Å². The third-order valence-electron chi connectivity index (χ3n) is 2.48. The first-order valence-corrected chi connectivity index (χ1v) is 5.16. The van der Waals surface area contributed by atoms with Crippen molar-refractivity contribution >= 4 is 16.8 Å². The average Bonchev–Trinajstić information content (AvgIpc) is 3.00. The predicted octanol–water partition coefficient (Wildman–Crippen LogP) is 1.51. The molecule has 7 heteroatoms. The topological polar surface area (TPSA) is 92.5 Å². The predicted molar refractivity (Wildman–Crippen MR) is 60.2 cm³/mol. The van der Waals surface area contributed by atoms with Crippen molar-refractivity contribution in [2.24, 2.45) is 0 Å². The van der Waals surface area contributed by atoms with Gasteiger partial charge >= 0.3 is 0 Å². The van der Waals surface area contributed by atoms with Crippen LogP contribution in [0.3, 0.4) is 0 Å². The van der Waals surface area contributed by atoms with Gasteiger partial charge in [-0.25, -0.2) is 4.98 Å². The van der Waals surface area contributed by atoms with Crippen LogP contribution < -0.4 is 5.32 Å². The molecule has 0 aliphatic heterocycles. The molecule has 0 saturated heterocycles. The Morgan fingerprint density at radius 1 is 1.41 bits per heavy atom. The number of pyridine rings is 1. The zero-order chi connectivity index (χ0) is 11.7. The summed E-state index contributed by atoms with van der Waals surface area (Å²) >= 11 is 0. The Kier molecular flexibility index (Phi) is 2.21. The molecule has 0 fully saturated rings. The normalized spacial score (nSPS) is 12.8. The van der Waals surface area contributed by atoms with E-state index in [0.717, 1.165) is 16.8 Å². The fourth-order valence-electron chi connectivity index (χ4n) is 1.63. The number of fused-ring (bicyclic) bond motifs is 1. The number of furan rings is 1. The summed E-state index contributed by atoms with van der Waals surface area (Å²) in [5.41, 5.74) is 0.794. The smallest absolute Gasteiger partial charge is 0.196 e. The average molecular weight is 230 g/mol. The highest BCUT2D eigenvalue weighted by atomic mass is 16.3. The second-order valence-electron chi connectivity index (χ2n) is 3.63. The van der Waals surface area contributed by atoms with Gasteiger partial charge in [0.15, 0.2) is 5.82 Å². The van der Waals surface area contributed by atoms with Crippen LogP contribution in [0.25, 0.3) is 11.0 Å². The largest absolute Gasteiger partial charge is 0.464 e. The monoisotopic (exact) mass is 230 g/mol. The minimum Gasteiger partial charge on any atom is -0.464 e. The molecule has 3 rings (SSSR count). The highest BCUT2D eigenvalue weighted by Crippen LogP contribution is 2.24. The molecule has 86 valence electrons. The third-order valence-corrected chi connectivity index (χ3v) is 2.48. The summed E-state index contributed by atoms with van der Waals surface area (Å²) in [5.74, 6) is 1.33. The molecule has 1 unspecified atom stereocenters. The van der Waals surface area contributed by atoms with Crippen LogP contribution in [0.1, 0.15) is 18.8 Å². The molecule has 1 atom stereocenters. The maximum Gasteiger partial charge on any atom is 0.196 e. The van der Waals surface area contributed by atoms with Crippen molar-refractivity contribution in [1.29, 1.82) is 0 Å². The second-order valence-corrected chi connectivity index (χ2v) is 3.63. The number of aromatic amines is 1. The molecule has 2 N–H and O–H groups in total. The zero-order valence-corrected chi connectivity index (χ0v) is 9.08. The standard InChI is InChI=1S/C10H10N6O/c1-6(9-13-15-16-14-9)12-10-7-3-5-17-8(7)2-4-11-10/h2-6H,1H3,(H,11,12)(H,13,14,15,16). The molecular weight excluding hydrogens is 220 g/mol.